The van der Waals surface area contributed by atoms with Gasteiger partial charge in [0.1, 0.15) is 11.3 Å². The maximum atomic E-state index is 13.9. The molecule has 108 valence electrons. The highest BCUT2D eigenvalue weighted by Gasteiger charge is 2.27. The van der Waals surface area contributed by atoms with Gasteiger partial charge in [-0.1, -0.05) is 6.07 Å². The number of ether oxygens (including phenoxy) is 1. The van der Waals surface area contributed by atoms with Crippen LogP contribution >= 0.6 is 11.6 Å². The summed E-state index contributed by atoms with van der Waals surface area (Å²) in [5, 5.41) is -0.250. The van der Waals surface area contributed by atoms with Gasteiger partial charge in [-0.25, -0.2) is 9.37 Å². The summed E-state index contributed by atoms with van der Waals surface area (Å²) in [4.78, 5) is 4.43. The number of aromatic nitrogens is 2. The Hall–Kier alpha value is -1.13. The highest BCUT2D eigenvalue weighted by atomic mass is 35.5. The molecule has 1 aromatic heterocycles. The first-order chi connectivity index (χ1) is 9.58. The van der Waals surface area contributed by atoms with Crippen LogP contribution in [0.3, 0.4) is 0 Å². The van der Waals surface area contributed by atoms with Gasteiger partial charge in [-0.2, -0.15) is 0 Å². The third-order valence-electron chi connectivity index (χ3n) is 3.88. The fraction of sp³-hybridized carbons (Fsp3) is 0.533. The van der Waals surface area contributed by atoms with Crippen molar-refractivity contribution in [3.8, 4) is 0 Å². The van der Waals surface area contributed by atoms with Gasteiger partial charge in [0.25, 0.3) is 0 Å². The molecule has 3 nitrogen and oxygen atoms in total. The van der Waals surface area contributed by atoms with E-state index in [1.165, 1.54) is 6.07 Å². The molecule has 0 bridgehead atoms. The van der Waals surface area contributed by atoms with E-state index in [1.54, 1.807) is 6.07 Å². The molecule has 0 spiro atoms. The molecule has 2 heterocycles. The highest BCUT2D eigenvalue weighted by molar-refractivity contribution is 6.20. The van der Waals surface area contributed by atoms with Crippen LogP contribution in [0.2, 0.25) is 0 Å². The van der Waals surface area contributed by atoms with E-state index < -0.39 is 0 Å². The summed E-state index contributed by atoms with van der Waals surface area (Å²) in [6, 6.07) is 5.34. The lowest BCUT2D eigenvalue weighted by Gasteiger charge is -2.30. The van der Waals surface area contributed by atoms with Crippen LogP contribution in [0.1, 0.15) is 43.9 Å². The highest BCUT2D eigenvalue weighted by Crippen LogP contribution is 2.34. The average Bonchev–Trinajstić information content (AvgIpc) is 2.80. The number of benzene rings is 1. The molecule has 0 amide bonds. The van der Waals surface area contributed by atoms with E-state index in [0.717, 1.165) is 30.8 Å². The minimum absolute atomic E-state index is 0.207. The fourth-order valence-electron chi connectivity index (χ4n) is 2.97. The molecule has 0 saturated carbocycles. The molecular weight excluding hydrogens is 279 g/mol. The van der Waals surface area contributed by atoms with Gasteiger partial charge in [0.05, 0.1) is 17.0 Å². The standard InChI is InChI=1S/C15H18ClFN2O/c1-9-8-11(6-7-20-9)19-13-5-3-4-12(17)14(13)18-15(19)10(2)16/h3-5,9-11H,6-8H2,1-2H3. The number of imidazole rings is 1. The topological polar surface area (TPSA) is 27.1 Å². The average molecular weight is 297 g/mol. The maximum absolute atomic E-state index is 13.9. The van der Waals surface area contributed by atoms with Crippen LogP contribution in [0.15, 0.2) is 18.2 Å². The second-order valence-electron chi connectivity index (χ2n) is 5.42. The van der Waals surface area contributed by atoms with Crippen molar-refractivity contribution < 1.29 is 9.13 Å². The van der Waals surface area contributed by atoms with Gasteiger partial charge in [0.15, 0.2) is 5.82 Å². The van der Waals surface area contributed by atoms with Crippen molar-refractivity contribution in [3.05, 3.63) is 29.8 Å². The lowest BCUT2D eigenvalue weighted by atomic mass is 10.0. The summed E-state index contributed by atoms with van der Waals surface area (Å²) in [7, 11) is 0. The van der Waals surface area contributed by atoms with Gasteiger partial charge in [-0.3, -0.25) is 0 Å². The van der Waals surface area contributed by atoms with Crippen molar-refractivity contribution in [1.82, 2.24) is 9.55 Å². The van der Waals surface area contributed by atoms with E-state index >= 15 is 0 Å². The van der Waals surface area contributed by atoms with Crippen LogP contribution < -0.4 is 0 Å². The van der Waals surface area contributed by atoms with Crippen LogP contribution in [-0.4, -0.2) is 22.3 Å². The zero-order valence-electron chi connectivity index (χ0n) is 11.6. The van der Waals surface area contributed by atoms with Gasteiger partial charge in [0.2, 0.25) is 0 Å². The summed E-state index contributed by atoms with van der Waals surface area (Å²) < 4.78 is 21.7. The SMILES string of the molecule is CC1CC(n2c(C(C)Cl)nc3c(F)cccc32)CCO1. The number of halogens is 2. The number of alkyl halides is 1. The second kappa shape index (κ2) is 5.34. The van der Waals surface area contributed by atoms with E-state index in [1.807, 2.05) is 13.0 Å². The number of hydrogen-bond acceptors (Lipinski definition) is 2. The molecular formula is C15H18ClFN2O. The van der Waals surface area contributed by atoms with Crippen molar-refractivity contribution >= 4 is 22.6 Å². The van der Waals surface area contributed by atoms with Gasteiger partial charge in [0, 0.05) is 12.6 Å². The Kier molecular flexibility index (Phi) is 3.69. The molecule has 1 aliphatic rings. The van der Waals surface area contributed by atoms with Crippen molar-refractivity contribution in [2.75, 3.05) is 6.61 Å². The van der Waals surface area contributed by atoms with E-state index in [9.17, 15) is 4.39 Å². The first kappa shape index (κ1) is 13.8. The predicted molar refractivity (Wildman–Crippen MR) is 77.6 cm³/mol. The molecule has 2 aromatic rings. The lowest BCUT2D eigenvalue weighted by molar-refractivity contribution is 0.00621. The molecule has 1 aliphatic heterocycles. The summed E-state index contributed by atoms with van der Waals surface area (Å²) in [6.07, 6.45) is 2.01. The van der Waals surface area contributed by atoms with Crippen LogP contribution in [-0.2, 0) is 4.74 Å². The minimum Gasteiger partial charge on any atom is -0.378 e. The summed E-state index contributed by atoms with van der Waals surface area (Å²) in [5.74, 6) is 0.450. The van der Waals surface area contributed by atoms with Crippen LogP contribution in [0.5, 0.6) is 0 Å². The Morgan fingerprint density at radius 3 is 3.00 bits per heavy atom. The molecule has 1 fully saturated rings. The largest absolute Gasteiger partial charge is 0.378 e. The Morgan fingerprint density at radius 1 is 1.50 bits per heavy atom. The van der Waals surface area contributed by atoms with Crippen molar-refractivity contribution in [1.29, 1.82) is 0 Å². The second-order valence-corrected chi connectivity index (χ2v) is 6.08. The predicted octanol–water partition coefficient (Wildman–Crippen LogP) is 4.22. The van der Waals surface area contributed by atoms with Crippen LogP contribution in [0, 0.1) is 5.82 Å². The Bertz CT molecular complexity index is 626. The Labute approximate surface area is 122 Å². The van der Waals surface area contributed by atoms with Crippen LogP contribution in [0.25, 0.3) is 11.0 Å². The molecule has 3 unspecified atom stereocenters. The monoisotopic (exact) mass is 296 g/mol. The summed E-state index contributed by atoms with van der Waals surface area (Å²) >= 11 is 6.25. The molecule has 1 saturated heterocycles. The third-order valence-corrected chi connectivity index (χ3v) is 4.07. The summed E-state index contributed by atoms with van der Waals surface area (Å²) in [5.41, 5.74) is 1.24. The number of hydrogen-bond donors (Lipinski definition) is 0. The molecule has 0 aliphatic carbocycles. The molecule has 20 heavy (non-hydrogen) atoms. The Morgan fingerprint density at radius 2 is 2.30 bits per heavy atom. The molecule has 5 heteroatoms. The fourth-order valence-corrected chi connectivity index (χ4v) is 3.13. The third kappa shape index (κ3) is 2.31. The van der Waals surface area contributed by atoms with E-state index in [-0.39, 0.29) is 23.3 Å². The molecule has 0 radical (unpaired) electrons. The van der Waals surface area contributed by atoms with E-state index in [4.69, 9.17) is 16.3 Å². The number of fused-ring (bicyclic) bond motifs is 1. The minimum atomic E-state index is -0.292. The first-order valence-corrected chi connectivity index (χ1v) is 7.43. The molecule has 1 aromatic carbocycles. The van der Waals surface area contributed by atoms with Gasteiger partial charge >= 0.3 is 0 Å². The van der Waals surface area contributed by atoms with Gasteiger partial charge in [-0.15, -0.1) is 11.6 Å². The van der Waals surface area contributed by atoms with Crippen molar-refractivity contribution in [2.45, 2.75) is 44.2 Å². The Balaban J connectivity index is 2.16. The van der Waals surface area contributed by atoms with Crippen LogP contribution in [0.4, 0.5) is 4.39 Å². The number of rotatable bonds is 2. The summed E-state index contributed by atoms with van der Waals surface area (Å²) in [6.45, 7) is 4.66. The number of nitrogens with zero attached hydrogens (tertiary/aromatic N) is 2. The first-order valence-electron chi connectivity index (χ1n) is 7.00. The quantitative estimate of drug-likeness (QED) is 0.776. The maximum Gasteiger partial charge on any atom is 0.151 e. The smallest absolute Gasteiger partial charge is 0.151 e. The van der Waals surface area contributed by atoms with Gasteiger partial charge in [-0.05, 0) is 38.8 Å². The molecule has 0 N–H and O–H groups in total. The van der Waals surface area contributed by atoms with E-state index in [0.29, 0.717) is 5.52 Å². The lowest BCUT2D eigenvalue weighted by Crippen LogP contribution is -2.26. The zero-order chi connectivity index (χ0) is 14.3. The normalized spacial score (nSPS) is 25.0. The molecule has 3 rings (SSSR count). The molecule has 3 atom stereocenters. The number of para-hydroxylation sites is 1. The van der Waals surface area contributed by atoms with Crippen molar-refractivity contribution in [2.24, 2.45) is 0 Å². The zero-order valence-corrected chi connectivity index (χ0v) is 12.4. The van der Waals surface area contributed by atoms with Crippen molar-refractivity contribution in [3.63, 3.8) is 0 Å². The van der Waals surface area contributed by atoms with E-state index in [2.05, 4.69) is 16.5 Å². The van der Waals surface area contributed by atoms with Gasteiger partial charge < -0.3 is 9.30 Å².